The predicted molar refractivity (Wildman–Crippen MR) is 82.8 cm³/mol. The maximum absolute atomic E-state index is 12.2. The third-order valence-corrected chi connectivity index (χ3v) is 6.40. The molecule has 0 spiro atoms. The number of hydrogen-bond acceptors (Lipinski definition) is 4. The molecule has 1 aromatic carbocycles. The van der Waals surface area contributed by atoms with Gasteiger partial charge in [0.2, 0.25) is 0 Å². The number of sulfone groups is 1. The van der Waals surface area contributed by atoms with E-state index in [1.807, 2.05) is 30.8 Å². The molecule has 5 heteroatoms. The summed E-state index contributed by atoms with van der Waals surface area (Å²) in [5.41, 5.74) is 0.767. The molecule has 0 aromatic heterocycles. The molecule has 1 fully saturated rings. The molecule has 3 nitrogen and oxygen atoms in total. The first-order valence-corrected chi connectivity index (χ1v) is 9.60. The average Bonchev–Trinajstić information content (AvgIpc) is 2.40. The molecule has 0 aliphatic carbocycles. The molecule has 1 heterocycles. The predicted octanol–water partition coefficient (Wildman–Crippen LogP) is 3.18. The van der Waals surface area contributed by atoms with Crippen molar-refractivity contribution in [2.75, 3.05) is 22.6 Å². The Kier molecular flexibility index (Phi) is 5.16. The summed E-state index contributed by atoms with van der Waals surface area (Å²) in [6, 6.07) is 7.66. The van der Waals surface area contributed by atoms with Gasteiger partial charge in [-0.25, -0.2) is 8.42 Å². The third kappa shape index (κ3) is 3.89. The fraction of sp³-hybridized carbons (Fsp3) is 0.571. The van der Waals surface area contributed by atoms with Crippen molar-refractivity contribution in [3.8, 4) is 0 Å². The van der Waals surface area contributed by atoms with Crippen LogP contribution in [-0.4, -0.2) is 31.7 Å². The number of para-hydroxylation sites is 1. The molecule has 0 amide bonds. The number of nitrogens with one attached hydrogen (secondary N) is 1. The van der Waals surface area contributed by atoms with Crippen molar-refractivity contribution in [2.45, 2.75) is 37.1 Å². The highest BCUT2D eigenvalue weighted by Crippen LogP contribution is 2.26. The van der Waals surface area contributed by atoms with Crippen LogP contribution in [0.25, 0.3) is 0 Å². The summed E-state index contributed by atoms with van der Waals surface area (Å²) in [6.45, 7) is 1.89. The lowest BCUT2D eigenvalue weighted by molar-refractivity contribution is 0.594. The van der Waals surface area contributed by atoms with Gasteiger partial charge in [0.1, 0.15) is 0 Å². The summed E-state index contributed by atoms with van der Waals surface area (Å²) in [4.78, 5) is 0.451. The monoisotopic (exact) mass is 299 g/mol. The molecule has 0 radical (unpaired) electrons. The van der Waals surface area contributed by atoms with Gasteiger partial charge in [-0.2, -0.15) is 11.8 Å². The van der Waals surface area contributed by atoms with E-state index in [1.54, 1.807) is 12.1 Å². The lowest BCUT2D eigenvalue weighted by Crippen LogP contribution is -2.26. The first-order valence-electron chi connectivity index (χ1n) is 6.79. The van der Waals surface area contributed by atoms with E-state index in [4.69, 9.17) is 0 Å². The van der Waals surface area contributed by atoms with Gasteiger partial charge in [-0.3, -0.25) is 0 Å². The Hall–Kier alpha value is -0.680. The fourth-order valence-electron chi connectivity index (χ4n) is 2.31. The Morgan fingerprint density at radius 2 is 2.16 bits per heavy atom. The van der Waals surface area contributed by atoms with Gasteiger partial charge < -0.3 is 5.32 Å². The van der Waals surface area contributed by atoms with Gasteiger partial charge in [-0.05, 0) is 37.1 Å². The van der Waals surface area contributed by atoms with Crippen LogP contribution in [-0.2, 0) is 9.84 Å². The van der Waals surface area contributed by atoms with Crippen LogP contribution >= 0.6 is 11.8 Å². The molecule has 0 bridgehead atoms. The van der Waals surface area contributed by atoms with Gasteiger partial charge in [0, 0.05) is 11.8 Å². The molecule has 1 aliphatic heterocycles. The second-order valence-electron chi connectivity index (χ2n) is 4.87. The minimum absolute atomic E-state index is 0.213. The van der Waals surface area contributed by atoms with Gasteiger partial charge in [-0.15, -0.1) is 0 Å². The van der Waals surface area contributed by atoms with Gasteiger partial charge >= 0.3 is 0 Å². The summed E-state index contributed by atoms with van der Waals surface area (Å²) in [7, 11) is -3.16. The molecule has 1 unspecified atom stereocenters. The van der Waals surface area contributed by atoms with E-state index in [0.29, 0.717) is 17.4 Å². The largest absolute Gasteiger partial charge is 0.380 e. The van der Waals surface area contributed by atoms with E-state index in [1.165, 1.54) is 12.2 Å². The summed E-state index contributed by atoms with van der Waals surface area (Å²) in [5, 5.41) is 3.41. The molecule has 1 N–H and O–H groups in total. The summed E-state index contributed by atoms with van der Waals surface area (Å²) in [5.74, 6) is 2.49. The molecule has 1 atom stereocenters. The summed E-state index contributed by atoms with van der Waals surface area (Å²) < 4.78 is 24.5. The normalized spacial score (nSPS) is 20.2. The van der Waals surface area contributed by atoms with Crippen molar-refractivity contribution in [3.63, 3.8) is 0 Å². The molecule has 106 valence electrons. The second-order valence-corrected chi connectivity index (χ2v) is 8.10. The topological polar surface area (TPSA) is 46.2 Å². The quantitative estimate of drug-likeness (QED) is 0.907. The maximum Gasteiger partial charge on any atom is 0.180 e. The first kappa shape index (κ1) is 14.7. The van der Waals surface area contributed by atoms with Crippen LogP contribution in [0.2, 0.25) is 0 Å². The van der Waals surface area contributed by atoms with Crippen molar-refractivity contribution in [1.82, 2.24) is 0 Å². The molecule has 2 rings (SSSR count). The Morgan fingerprint density at radius 3 is 2.84 bits per heavy atom. The first-order chi connectivity index (χ1) is 9.13. The smallest absolute Gasteiger partial charge is 0.180 e. The van der Waals surface area contributed by atoms with Crippen molar-refractivity contribution < 1.29 is 8.42 Å². The number of rotatable bonds is 5. The van der Waals surface area contributed by atoms with Crippen LogP contribution in [0.4, 0.5) is 5.69 Å². The number of thioether (sulfide) groups is 1. The Bertz CT molecular complexity index is 508. The van der Waals surface area contributed by atoms with Crippen molar-refractivity contribution in [2.24, 2.45) is 0 Å². The van der Waals surface area contributed by atoms with Gasteiger partial charge in [0.05, 0.1) is 16.3 Å². The lowest BCUT2D eigenvalue weighted by atomic mass is 10.1. The highest BCUT2D eigenvalue weighted by Gasteiger charge is 2.20. The second kappa shape index (κ2) is 6.66. The zero-order valence-corrected chi connectivity index (χ0v) is 12.9. The minimum atomic E-state index is -3.16. The van der Waals surface area contributed by atoms with Gasteiger partial charge in [-0.1, -0.05) is 19.1 Å². The average molecular weight is 299 g/mol. The highest BCUT2D eigenvalue weighted by atomic mass is 32.2. The van der Waals surface area contributed by atoms with Crippen molar-refractivity contribution >= 4 is 27.3 Å². The highest BCUT2D eigenvalue weighted by molar-refractivity contribution is 7.99. The third-order valence-electron chi connectivity index (χ3n) is 3.21. The van der Waals surface area contributed by atoms with Crippen LogP contribution in [0, 0.1) is 0 Å². The number of benzene rings is 1. The van der Waals surface area contributed by atoms with E-state index in [9.17, 15) is 8.42 Å². The Labute approximate surface area is 120 Å². The van der Waals surface area contributed by atoms with Crippen LogP contribution in [0.3, 0.4) is 0 Å². The molecule has 1 saturated heterocycles. The Morgan fingerprint density at radius 1 is 1.37 bits per heavy atom. The lowest BCUT2D eigenvalue weighted by Gasteiger charge is -2.24. The van der Waals surface area contributed by atoms with Crippen LogP contribution in [0.15, 0.2) is 29.2 Å². The molecular weight excluding hydrogens is 278 g/mol. The van der Waals surface area contributed by atoms with Gasteiger partial charge in [0.15, 0.2) is 9.84 Å². The van der Waals surface area contributed by atoms with E-state index in [2.05, 4.69) is 5.32 Å². The molecule has 0 saturated carbocycles. The van der Waals surface area contributed by atoms with Crippen LogP contribution in [0.5, 0.6) is 0 Å². The van der Waals surface area contributed by atoms with Crippen molar-refractivity contribution in [3.05, 3.63) is 24.3 Å². The molecule has 1 aromatic rings. The SMILES string of the molecule is CCCS(=O)(=O)c1ccccc1NC1CCCSC1. The molecule has 1 aliphatic rings. The van der Waals surface area contributed by atoms with E-state index in [-0.39, 0.29) is 5.75 Å². The Balaban J connectivity index is 2.20. The minimum Gasteiger partial charge on any atom is -0.380 e. The van der Waals surface area contributed by atoms with Crippen molar-refractivity contribution in [1.29, 1.82) is 0 Å². The molecular formula is C14H21NO2S2. The summed E-state index contributed by atoms with van der Waals surface area (Å²) in [6.07, 6.45) is 2.97. The maximum atomic E-state index is 12.2. The van der Waals surface area contributed by atoms with E-state index < -0.39 is 9.84 Å². The van der Waals surface area contributed by atoms with E-state index >= 15 is 0 Å². The summed E-state index contributed by atoms with van der Waals surface area (Å²) >= 11 is 1.93. The van der Waals surface area contributed by atoms with E-state index in [0.717, 1.165) is 17.9 Å². The van der Waals surface area contributed by atoms with Crippen LogP contribution in [0.1, 0.15) is 26.2 Å². The van der Waals surface area contributed by atoms with Crippen LogP contribution < -0.4 is 5.32 Å². The van der Waals surface area contributed by atoms with Gasteiger partial charge in [0.25, 0.3) is 0 Å². The zero-order chi connectivity index (χ0) is 13.7. The standard InChI is InChI=1S/C14H21NO2S2/c1-2-10-19(16,17)14-8-4-3-7-13(14)15-12-6-5-9-18-11-12/h3-4,7-8,12,15H,2,5-6,9-11H2,1H3. The molecule has 19 heavy (non-hydrogen) atoms. The zero-order valence-electron chi connectivity index (χ0n) is 11.3. The number of hydrogen-bond donors (Lipinski definition) is 1. The number of anilines is 1. The fourth-order valence-corrected chi connectivity index (χ4v) is 4.89.